The first-order valence-corrected chi connectivity index (χ1v) is 12.5. The zero-order valence-electron chi connectivity index (χ0n) is 20.4. The maximum absolute atomic E-state index is 13.4. The zero-order chi connectivity index (χ0) is 25.1. The van der Waals surface area contributed by atoms with Crippen molar-refractivity contribution in [2.45, 2.75) is 31.6 Å². The van der Waals surface area contributed by atoms with Gasteiger partial charge in [0.25, 0.3) is 5.91 Å². The Bertz CT molecular complexity index is 1050. The van der Waals surface area contributed by atoms with E-state index in [0.29, 0.717) is 61.8 Å². The van der Waals surface area contributed by atoms with Gasteiger partial charge in [0.2, 0.25) is 5.88 Å². The van der Waals surface area contributed by atoms with Gasteiger partial charge in [0, 0.05) is 68.8 Å². The summed E-state index contributed by atoms with van der Waals surface area (Å²) in [4.78, 5) is 34.0. The predicted molar refractivity (Wildman–Crippen MR) is 131 cm³/mol. The molecule has 11 nitrogen and oxygen atoms in total. The first kappa shape index (κ1) is 24.4. The van der Waals surface area contributed by atoms with Gasteiger partial charge in [-0.3, -0.25) is 10.6 Å². The molecule has 2 amide bonds. The van der Waals surface area contributed by atoms with Gasteiger partial charge >= 0.3 is 6.09 Å². The highest BCUT2D eigenvalue weighted by Crippen LogP contribution is 2.40. The van der Waals surface area contributed by atoms with Crippen LogP contribution < -0.4 is 21.7 Å². The molecule has 0 unspecified atom stereocenters. The van der Waals surface area contributed by atoms with Crippen molar-refractivity contribution in [2.24, 2.45) is 17.5 Å². The van der Waals surface area contributed by atoms with Gasteiger partial charge in [0.05, 0.1) is 12.3 Å². The number of nitrogens with zero attached hydrogens (tertiary/aromatic N) is 3. The number of aromatic nitrogens is 1. The van der Waals surface area contributed by atoms with E-state index < -0.39 is 6.09 Å². The van der Waals surface area contributed by atoms with Gasteiger partial charge < -0.3 is 35.2 Å². The summed E-state index contributed by atoms with van der Waals surface area (Å²) in [5.41, 5.74) is 12.0. The van der Waals surface area contributed by atoms with E-state index in [-0.39, 0.29) is 12.5 Å². The number of ether oxygens (including phenoxy) is 3. The molecule has 194 valence electrons. The van der Waals surface area contributed by atoms with Crippen LogP contribution in [0.2, 0.25) is 0 Å². The summed E-state index contributed by atoms with van der Waals surface area (Å²) in [6.45, 7) is 3.97. The standard InChI is InChI=1S/C25H34N6O5/c26-21(9-28-27)15-36-25(33)31-12-19-10-30(11-20(19)13-31)24(32)18-7-22(17-1-2-17)29-23(8-18)35-14-16-3-5-34-6-4-16/h7-9,16-17,28H,1-6,10-15,26-27H2/b21-9-. The Morgan fingerprint density at radius 3 is 2.44 bits per heavy atom. The molecular weight excluding hydrogens is 464 g/mol. The molecule has 36 heavy (non-hydrogen) atoms. The van der Waals surface area contributed by atoms with Gasteiger partial charge in [-0.25, -0.2) is 9.78 Å². The van der Waals surface area contributed by atoms with E-state index in [1.165, 1.54) is 6.20 Å². The molecule has 0 radical (unpaired) electrons. The molecular formula is C25H34N6O5. The van der Waals surface area contributed by atoms with E-state index in [0.717, 1.165) is 55.7 Å². The Morgan fingerprint density at radius 2 is 1.78 bits per heavy atom. The van der Waals surface area contributed by atoms with Gasteiger partial charge in [-0.1, -0.05) is 0 Å². The fourth-order valence-corrected chi connectivity index (χ4v) is 4.85. The summed E-state index contributed by atoms with van der Waals surface area (Å²) in [6.07, 6.45) is 5.09. The van der Waals surface area contributed by atoms with Crippen molar-refractivity contribution in [3.8, 4) is 5.88 Å². The van der Waals surface area contributed by atoms with Crippen molar-refractivity contribution >= 4 is 12.0 Å². The summed E-state index contributed by atoms with van der Waals surface area (Å²) in [6, 6.07) is 3.69. The molecule has 5 N–H and O–H groups in total. The fourth-order valence-electron chi connectivity index (χ4n) is 4.85. The second kappa shape index (κ2) is 10.8. The maximum atomic E-state index is 13.4. The number of pyridine rings is 1. The minimum atomic E-state index is -0.440. The van der Waals surface area contributed by atoms with Crippen LogP contribution in [0.25, 0.3) is 0 Å². The van der Waals surface area contributed by atoms with Crippen LogP contribution in [0.15, 0.2) is 35.2 Å². The normalized spacial score (nSPS) is 20.5. The molecule has 0 atom stereocenters. The first-order valence-electron chi connectivity index (χ1n) is 12.5. The number of hydrogen-bond donors (Lipinski definition) is 3. The quantitative estimate of drug-likeness (QED) is 0.274. The highest BCUT2D eigenvalue weighted by atomic mass is 16.6. The van der Waals surface area contributed by atoms with Crippen LogP contribution in [0.5, 0.6) is 5.88 Å². The second-order valence-electron chi connectivity index (χ2n) is 9.92. The molecule has 1 saturated carbocycles. The molecule has 1 aromatic heterocycles. The summed E-state index contributed by atoms with van der Waals surface area (Å²) < 4.78 is 16.7. The molecule has 0 spiro atoms. The second-order valence-corrected chi connectivity index (χ2v) is 9.92. The van der Waals surface area contributed by atoms with Crippen molar-refractivity contribution in [3.63, 3.8) is 0 Å². The Morgan fingerprint density at radius 1 is 1.08 bits per heavy atom. The fraction of sp³-hybridized carbons (Fsp3) is 0.560. The monoisotopic (exact) mass is 498 g/mol. The molecule has 11 heteroatoms. The lowest BCUT2D eigenvalue weighted by molar-refractivity contribution is 0.0490. The number of rotatable bonds is 8. The summed E-state index contributed by atoms with van der Waals surface area (Å²) in [5.74, 6) is 6.53. The molecule has 3 aliphatic heterocycles. The number of carbonyl (C=O) groups is 2. The van der Waals surface area contributed by atoms with E-state index in [4.69, 9.17) is 30.8 Å². The Labute approximate surface area is 210 Å². The maximum Gasteiger partial charge on any atom is 0.410 e. The molecule has 1 aliphatic carbocycles. The lowest BCUT2D eigenvalue weighted by Gasteiger charge is -2.23. The summed E-state index contributed by atoms with van der Waals surface area (Å²) in [5, 5.41) is 0. The molecule has 4 heterocycles. The Kier molecular flexibility index (Phi) is 7.28. The average Bonchev–Trinajstić information content (AvgIpc) is 3.56. The van der Waals surface area contributed by atoms with E-state index >= 15 is 0 Å². The minimum Gasteiger partial charge on any atom is -0.477 e. The van der Waals surface area contributed by atoms with Gasteiger partial charge in [0.1, 0.15) is 6.61 Å². The van der Waals surface area contributed by atoms with Crippen LogP contribution in [0.3, 0.4) is 0 Å². The number of hydrazine groups is 1. The topological polar surface area (TPSA) is 145 Å². The van der Waals surface area contributed by atoms with E-state index in [1.807, 2.05) is 11.0 Å². The molecule has 4 aliphatic rings. The van der Waals surface area contributed by atoms with Crippen LogP contribution in [-0.4, -0.2) is 79.4 Å². The largest absolute Gasteiger partial charge is 0.477 e. The number of nitrogens with one attached hydrogen (secondary N) is 1. The molecule has 0 bridgehead atoms. The van der Waals surface area contributed by atoms with Crippen LogP contribution in [0.4, 0.5) is 4.79 Å². The van der Waals surface area contributed by atoms with E-state index in [2.05, 4.69) is 5.43 Å². The van der Waals surface area contributed by atoms with Crippen molar-refractivity contribution < 1.29 is 23.8 Å². The smallest absolute Gasteiger partial charge is 0.410 e. The van der Waals surface area contributed by atoms with E-state index in [1.54, 1.807) is 11.0 Å². The van der Waals surface area contributed by atoms with Crippen molar-refractivity contribution in [2.75, 3.05) is 52.6 Å². The highest BCUT2D eigenvalue weighted by Gasteiger charge is 2.36. The van der Waals surface area contributed by atoms with Crippen LogP contribution >= 0.6 is 0 Å². The SMILES string of the molecule is NN/C=C(\N)COC(=O)N1CC2=C(C1)CN(C(=O)c1cc(OCC3CCOCC3)nc(C3CC3)c1)C2. The Hall–Kier alpha value is -3.31. The van der Waals surface area contributed by atoms with Crippen molar-refractivity contribution in [1.82, 2.24) is 20.2 Å². The minimum absolute atomic E-state index is 0.0362. The Balaban J connectivity index is 1.18. The number of nitrogens with two attached hydrogens (primary N) is 2. The lowest BCUT2D eigenvalue weighted by atomic mass is 10.0. The van der Waals surface area contributed by atoms with Gasteiger partial charge in [-0.2, -0.15) is 0 Å². The van der Waals surface area contributed by atoms with Gasteiger partial charge in [-0.15, -0.1) is 0 Å². The lowest BCUT2D eigenvalue weighted by Crippen LogP contribution is -2.37. The number of amides is 2. The van der Waals surface area contributed by atoms with Gasteiger partial charge in [0.15, 0.2) is 0 Å². The molecule has 5 rings (SSSR count). The molecule has 0 aromatic carbocycles. The first-order chi connectivity index (χ1) is 17.5. The van der Waals surface area contributed by atoms with Crippen molar-refractivity contribution in [3.05, 3.63) is 46.4 Å². The van der Waals surface area contributed by atoms with Crippen LogP contribution in [-0.2, 0) is 9.47 Å². The summed E-state index contributed by atoms with van der Waals surface area (Å²) in [7, 11) is 0. The van der Waals surface area contributed by atoms with Crippen LogP contribution in [0, 0.1) is 5.92 Å². The summed E-state index contributed by atoms with van der Waals surface area (Å²) >= 11 is 0. The third kappa shape index (κ3) is 5.73. The molecule has 1 saturated heterocycles. The third-order valence-electron chi connectivity index (χ3n) is 7.08. The van der Waals surface area contributed by atoms with Crippen molar-refractivity contribution in [1.29, 1.82) is 0 Å². The predicted octanol–water partition coefficient (Wildman–Crippen LogP) is 1.23. The van der Waals surface area contributed by atoms with Gasteiger partial charge in [-0.05, 0) is 48.8 Å². The molecule has 1 aromatic rings. The molecule has 2 fully saturated rings. The third-order valence-corrected chi connectivity index (χ3v) is 7.08. The average molecular weight is 499 g/mol. The van der Waals surface area contributed by atoms with E-state index in [9.17, 15) is 9.59 Å². The number of carbonyl (C=O) groups excluding carboxylic acids is 2. The zero-order valence-corrected chi connectivity index (χ0v) is 20.4. The number of hydrogen-bond acceptors (Lipinski definition) is 9. The van der Waals surface area contributed by atoms with Crippen LogP contribution in [0.1, 0.15) is 47.7 Å². The highest BCUT2D eigenvalue weighted by molar-refractivity contribution is 5.95.